The van der Waals surface area contributed by atoms with Crippen LogP contribution in [0.3, 0.4) is 0 Å². The van der Waals surface area contributed by atoms with Crippen molar-refractivity contribution in [3.63, 3.8) is 0 Å². The van der Waals surface area contributed by atoms with Crippen molar-refractivity contribution in [3.8, 4) is 22.6 Å². The van der Waals surface area contributed by atoms with Gasteiger partial charge in [-0.2, -0.15) is 22.0 Å². The number of hydrogen-bond donors (Lipinski definition) is 0. The van der Waals surface area contributed by atoms with E-state index in [0.717, 1.165) is 23.3 Å². The van der Waals surface area contributed by atoms with Crippen molar-refractivity contribution >= 4 is 11.9 Å². The zero-order chi connectivity index (χ0) is 33.6. The van der Waals surface area contributed by atoms with Crippen LogP contribution in [-0.4, -0.2) is 50.0 Å². The Morgan fingerprint density at radius 2 is 1.17 bits per heavy atom. The molecule has 0 radical (unpaired) electrons. The largest absolute Gasteiger partial charge is 0.494 e. The smallest absolute Gasteiger partial charge is 0.455 e. The van der Waals surface area contributed by atoms with Crippen molar-refractivity contribution < 1.29 is 50.5 Å². The summed E-state index contributed by atoms with van der Waals surface area (Å²) >= 11 is 0. The van der Waals surface area contributed by atoms with E-state index in [2.05, 4.69) is 11.7 Å². The Hall–Kier alpha value is -3.99. The predicted octanol–water partition coefficient (Wildman–Crippen LogP) is 9.46. The van der Waals surface area contributed by atoms with E-state index in [0.29, 0.717) is 12.2 Å². The molecule has 46 heavy (non-hydrogen) atoms. The number of halogens is 5. The van der Waals surface area contributed by atoms with Gasteiger partial charge in [0.2, 0.25) is 0 Å². The molecule has 0 saturated carbocycles. The molecule has 3 aromatic carbocycles. The van der Waals surface area contributed by atoms with E-state index in [4.69, 9.17) is 14.2 Å². The number of esters is 2. The van der Waals surface area contributed by atoms with Gasteiger partial charge in [-0.25, -0.2) is 9.59 Å². The molecule has 0 aromatic heterocycles. The average molecular weight is 651 g/mol. The number of alkyl halides is 5. The van der Waals surface area contributed by atoms with E-state index >= 15 is 0 Å². The highest BCUT2D eigenvalue weighted by Crippen LogP contribution is 2.35. The molecular formula is C35H39F5O6. The fourth-order valence-electron chi connectivity index (χ4n) is 4.34. The normalized spacial score (nSPS) is 12.4. The Kier molecular flexibility index (Phi) is 14.0. The Morgan fingerprint density at radius 1 is 0.674 bits per heavy atom. The van der Waals surface area contributed by atoms with Gasteiger partial charge in [0.05, 0.1) is 24.3 Å². The summed E-state index contributed by atoms with van der Waals surface area (Å²) in [6, 6.07) is 20.0. The fraction of sp³-hybridized carbons (Fsp3) is 0.429. The van der Waals surface area contributed by atoms with Gasteiger partial charge >= 0.3 is 24.0 Å². The molecule has 0 saturated heterocycles. The van der Waals surface area contributed by atoms with Gasteiger partial charge < -0.3 is 18.9 Å². The maximum atomic E-state index is 12.9. The van der Waals surface area contributed by atoms with Crippen LogP contribution in [0.5, 0.6) is 11.5 Å². The van der Waals surface area contributed by atoms with Gasteiger partial charge in [-0.1, -0.05) is 69.7 Å². The number of ether oxygens (including phenoxy) is 4. The maximum Gasteiger partial charge on any atom is 0.455 e. The van der Waals surface area contributed by atoms with Crippen LogP contribution in [0.1, 0.15) is 79.5 Å². The first-order chi connectivity index (χ1) is 21.9. The Morgan fingerprint density at radius 3 is 1.76 bits per heavy atom. The van der Waals surface area contributed by atoms with Crippen molar-refractivity contribution in [2.45, 2.75) is 77.0 Å². The van der Waals surface area contributed by atoms with Gasteiger partial charge in [-0.15, -0.1) is 0 Å². The SMILES string of the molecule is CCCCCCCCCOc1ccc(-c2ccc(C(=O)Oc3ccc(C(=O)O[C@H](C)COCC(F)(F)C(F)(F)F)cc3)cc2)cc1. The highest BCUT2D eigenvalue weighted by Gasteiger charge is 2.57. The van der Waals surface area contributed by atoms with Gasteiger partial charge in [0, 0.05) is 0 Å². The molecule has 250 valence electrons. The average Bonchev–Trinajstić information content (AvgIpc) is 3.02. The van der Waals surface area contributed by atoms with Gasteiger partial charge in [-0.3, -0.25) is 0 Å². The molecular weight excluding hydrogens is 611 g/mol. The summed E-state index contributed by atoms with van der Waals surface area (Å²) in [6.07, 6.45) is 1.74. The first kappa shape index (κ1) is 36.5. The molecule has 0 bridgehead atoms. The number of carbonyl (C=O) groups is 2. The van der Waals surface area contributed by atoms with Crippen molar-refractivity contribution in [3.05, 3.63) is 83.9 Å². The zero-order valence-electron chi connectivity index (χ0n) is 25.9. The first-order valence-electron chi connectivity index (χ1n) is 15.3. The van der Waals surface area contributed by atoms with Gasteiger partial charge in [0.25, 0.3) is 0 Å². The maximum absolute atomic E-state index is 12.9. The Balaban J connectivity index is 1.42. The molecule has 0 spiro atoms. The van der Waals surface area contributed by atoms with Crippen molar-refractivity contribution in [2.75, 3.05) is 19.8 Å². The van der Waals surface area contributed by atoms with Crippen molar-refractivity contribution in [2.24, 2.45) is 0 Å². The first-order valence-corrected chi connectivity index (χ1v) is 15.3. The summed E-state index contributed by atoms with van der Waals surface area (Å²) in [4.78, 5) is 24.9. The lowest BCUT2D eigenvalue weighted by molar-refractivity contribution is -0.297. The summed E-state index contributed by atoms with van der Waals surface area (Å²) in [6.45, 7) is 1.64. The summed E-state index contributed by atoms with van der Waals surface area (Å²) in [7, 11) is 0. The van der Waals surface area contributed by atoms with Crippen LogP contribution in [0.25, 0.3) is 11.1 Å². The molecule has 0 fully saturated rings. The van der Waals surface area contributed by atoms with Crippen LogP contribution in [0.4, 0.5) is 22.0 Å². The minimum absolute atomic E-state index is 0.0471. The van der Waals surface area contributed by atoms with E-state index in [1.165, 1.54) is 69.7 Å². The molecule has 3 rings (SSSR count). The molecule has 3 aromatic rings. The van der Waals surface area contributed by atoms with Crippen molar-refractivity contribution in [1.82, 2.24) is 0 Å². The standard InChI is InChI=1S/C35H39F5O6/c1-3-4-5-6-7-8-9-22-44-30-18-14-27(15-19-30)26-10-12-28(13-11-26)33(42)46-31-20-16-29(17-21-31)32(41)45-25(2)23-43-24-34(36,37)35(38,39)40/h10-21,25H,3-9,22-24H2,1-2H3/t25-/m1/s1. The van der Waals surface area contributed by atoms with Crippen LogP contribution in [0, 0.1) is 0 Å². The predicted molar refractivity (Wildman–Crippen MR) is 163 cm³/mol. The highest BCUT2D eigenvalue weighted by molar-refractivity contribution is 5.92. The lowest BCUT2D eigenvalue weighted by Crippen LogP contribution is -2.41. The fourth-order valence-corrected chi connectivity index (χ4v) is 4.34. The molecule has 1 atom stereocenters. The number of rotatable bonds is 18. The second-order valence-corrected chi connectivity index (χ2v) is 10.9. The van der Waals surface area contributed by atoms with E-state index in [9.17, 15) is 31.5 Å². The quantitative estimate of drug-likeness (QED) is 0.0591. The molecule has 0 amide bonds. The molecule has 0 unspecified atom stereocenters. The number of carbonyl (C=O) groups excluding carboxylic acids is 2. The second kappa shape index (κ2) is 17.6. The lowest BCUT2D eigenvalue weighted by Gasteiger charge is -2.20. The minimum Gasteiger partial charge on any atom is -0.494 e. The molecule has 0 heterocycles. The highest BCUT2D eigenvalue weighted by atomic mass is 19.4. The van der Waals surface area contributed by atoms with E-state index in [1.54, 1.807) is 24.3 Å². The summed E-state index contributed by atoms with van der Waals surface area (Å²) in [5, 5.41) is 0. The Labute approximate surface area is 265 Å². The minimum atomic E-state index is -5.74. The van der Waals surface area contributed by atoms with Crippen LogP contribution >= 0.6 is 0 Å². The van der Waals surface area contributed by atoms with E-state index in [1.807, 2.05) is 24.3 Å². The van der Waals surface area contributed by atoms with E-state index < -0.39 is 43.4 Å². The van der Waals surface area contributed by atoms with Crippen LogP contribution in [-0.2, 0) is 9.47 Å². The topological polar surface area (TPSA) is 71.1 Å². The number of hydrogen-bond acceptors (Lipinski definition) is 6. The van der Waals surface area contributed by atoms with Crippen LogP contribution < -0.4 is 9.47 Å². The summed E-state index contributed by atoms with van der Waals surface area (Å²) in [5.74, 6) is -5.52. The van der Waals surface area contributed by atoms with Gasteiger partial charge in [0.1, 0.15) is 24.2 Å². The zero-order valence-corrected chi connectivity index (χ0v) is 25.9. The molecule has 0 aliphatic heterocycles. The second-order valence-electron chi connectivity index (χ2n) is 10.9. The van der Waals surface area contributed by atoms with Crippen LogP contribution in [0.2, 0.25) is 0 Å². The van der Waals surface area contributed by atoms with Crippen molar-refractivity contribution in [1.29, 1.82) is 0 Å². The third-order valence-electron chi connectivity index (χ3n) is 6.98. The summed E-state index contributed by atoms with van der Waals surface area (Å²) in [5.41, 5.74) is 2.23. The van der Waals surface area contributed by atoms with Gasteiger partial charge in [-0.05, 0) is 73.0 Å². The molecule has 0 aliphatic rings. The molecule has 0 N–H and O–H groups in total. The monoisotopic (exact) mass is 650 g/mol. The van der Waals surface area contributed by atoms with E-state index in [-0.39, 0.29) is 11.3 Å². The molecule has 6 nitrogen and oxygen atoms in total. The molecule has 11 heteroatoms. The van der Waals surface area contributed by atoms with Crippen LogP contribution in [0.15, 0.2) is 72.8 Å². The lowest BCUT2D eigenvalue weighted by atomic mass is 10.0. The molecule has 0 aliphatic carbocycles. The number of unbranched alkanes of at least 4 members (excludes halogenated alkanes) is 6. The number of benzene rings is 3. The summed E-state index contributed by atoms with van der Waals surface area (Å²) < 4.78 is 83.1. The third kappa shape index (κ3) is 11.7. The van der Waals surface area contributed by atoms with Gasteiger partial charge in [0.15, 0.2) is 0 Å². The Bertz CT molecular complexity index is 1360. The third-order valence-corrected chi connectivity index (χ3v) is 6.98.